The molecular formula is C17H27FN2O. The summed E-state index contributed by atoms with van der Waals surface area (Å²) in [5.74, 6) is -0.203. The van der Waals surface area contributed by atoms with Gasteiger partial charge in [0.05, 0.1) is 6.61 Å². The summed E-state index contributed by atoms with van der Waals surface area (Å²) in [6.07, 6.45) is 5.37. The molecule has 1 atom stereocenters. The molecule has 0 amide bonds. The highest BCUT2D eigenvalue weighted by atomic mass is 19.1. The number of nitrogens with one attached hydrogen (secondary N) is 1. The van der Waals surface area contributed by atoms with Gasteiger partial charge in [0, 0.05) is 30.9 Å². The summed E-state index contributed by atoms with van der Waals surface area (Å²) in [7, 11) is 2.02. The SMILES string of the molecule is CCC(CO)(CCCN(C)c1ccc(F)cc1)NC1CC1. The van der Waals surface area contributed by atoms with Gasteiger partial charge in [-0.1, -0.05) is 6.92 Å². The number of hydrogen-bond acceptors (Lipinski definition) is 3. The average Bonchev–Trinajstić information content (AvgIpc) is 3.30. The number of halogens is 1. The highest BCUT2D eigenvalue weighted by Gasteiger charge is 2.33. The van der Waals surface area contributed by atoms with E-state index in [1.165, 1.54) is 25.0 Å². The van der Waals surface area contributed by atoms with Crippen LogP contribution in [0.1, 0.15) is 39.0 Å². The Hall–Kier alpha value is -1.13. The molecule has 1 aromatic rings. The molecule has 0 radical (unpaired) electrons. The lowest BCUT2D eigenvalue weighted by atomic mass is 9.91. The molecular weight excluding hydrogens is 267 g/mol. The zero-order valence-electron chi connectivity index (χ0n) is 13.1. The van der Waals surface area contributed by atoms with Crippen LogP contribution in [0.25, 0.3) is 0 Å². The molecule has 0 heterocycles. The number of hydrogen-bond donors (Lipinski definition) is 2. The van der Waals surface area contributed by atoms with Gasteiger partial charge in [-0.05, 0) is 56.4 Å². The normalized spacial score (nSPS) is 17.5. The minimum absolute atomic E-state index is 0.134. The highest BCUT2D eigenvalue weighted by Crippen LogP contribution is 2.27. The smallest absolute Gasteiger partial charge is 0.123 e. The Morgan fingerprint density at radius 3 is 2.52 bits per heavy atom. The van der Waals surface area contributed by atoms with E-state index in [1.54, 1.807) is 12.1 Å². The van der Waals surface area contributed by atoms with Gasteiger partial charge >= 0.3 is 0 Å². The Bertz CT molecular complexity index is 427. The predicted octanol–water partition coefficient (Wildman–Crippen LogP) is 2.94. The molecule has 1 aliphatic carbocycles. The zero-order valence-corrected chi connectivity index (χ0v) is 13.1. The summed E-state index contributed by atoms with van der Waals surface area (Å²) in [5.41, 5.74) is 0.891. The number of aliphatic hydroxyl groups is 1. The largest absolute Gasteiger partial charge is 0.394 e. The molecule has 1 unspecified atom stereocenters. The molecule has 21 heavy (non-hydrogen) atoms. The number of rotatable bonds is 9. The van der Waals surface area contributed by atoms with Crippen molar-refractivity contribution in [1.82, 2.24) is 5.32 Å². The van der Waals surface area contributed by atoms with Gasteiger partial charge in [0.15, 0.2) is 0 Å². The van der Waals surface area contributed by atoms with Gasteiger partial charge in [0.1, 0.15) is 5.82 Å². The summed E-state index contributed by atoms with van der Waals surface area (Å²) < 4.78 is 12.9. The van der Waals surface area contributed by atoms with Crippen LogP contribution < -0.4 is 10.2 Å². The van der Waals surface area contributed by atoms with Crippen molar-refractivity contribution in [2.45, 2.75) is 50.6 Å². The van der Waals surface area contributed by atoms with Crippen molar-refractivity contribution in [3.8, 4) is 0 Å². The van der Waals surface area contributed by atoms with Crippen molar-refractivity contribution in [3.63, 3.8) is 0 Å². The summed E-state index contributed by atoms with van der Waals surface area (Å²) in [4.78, 5) is 2.13. The lowest BCUT2D eigenvalue weighted by Gasteiger charge is -2.33. The Labute approximate surface area is 127 Å². The standard InChI is InChI=1S/C17H27FN2O/c1-3-17(13-21,19-15-7-8-15)11-4-12-20(2)16-9-5-14(18)6-10-16/h5-6,9-10,15,19,21H,3-4,7-8,11-13H2,1-2H3. The molecule has 0 bridgehead atoms. The molecule has 3 nitrogen and oxygen atoms in total. The Morgan fingerprint density at radius 1 is 1.33 bits per heavy atom. The molecule has 1 fully saturated rings. The molecule has 2 rings (SSSR count). The van der Waals surface area contributed by atoms with E-state index in [-0.39, 0.29) is 18.0 Å². The maximum Gasteiger partial charge on any atom is 0.123 e. The quantitative estimate of drug-likeness (QED) is 0.735. The number of aliphatic hydroxyl groups excluding tert-OH is 1. The second-order valence-electron chi connectivity index (χ2n) is 6.21. The molecule has 1 aromatic carbocycles. The molecule has 118 valence electrons. The lowest BCUT2D eigenvalue weighted by Crippen LogP contribution is -2.49. The summed E-state index contributed by atoms with van der Waals surface area (Å²) in [6.45, 7) is 3.23. The minimum Gasteiger partial charge on any atom is -0.394 e. The van der Waals surface area contributed by atoms with Gasteiger partial charge in [0.25, 0.3) is 0 Å². The van der Waals surface area contributed by atoms with Crippen LogP contribution >= 0.6 is 0 Å². The van der Waals surface area contributed by atoms with Gasteiger partial charge in [-0.25, -0.2) is 4.39 Å². The van der Waals surface area contributed by atoms with Crippen LogP contribution in [-0.4, -0.2) is 36.9 Å². The Kier molecular flexibility index (Phi) is 5.59. The van der Waals surface area contributed by atoms with Gasteiger partial charge in [-0.15, -0.1) is 0 Å². The fraction of sp³-hybridized carbons (Fsp3) is 0.647. The Morgan fingerprint density at radius 2 is 2.00 bits per heavy atom. The van der Waals surface area contributed by atoms with E-state index in [1.807, 2.05) is 7.05 Å². The van der Waals surface area contributed by atoms with Crippen LogP contribution in [0.4, 0.5) is 10.1 Å². The molecule has 1 aliphatic rings. The number of benzene rings is 1. The van der Waals surface area contributed by atoms with Crippen LogP contribution in [0.3, 0.4) is 0 Å². The van der Waals surface area contributed by atoms with E-state index >= 15 is 0 Å². The number of nitrogens with zero attached hydrogens (tertiary/aromatic N) is 1. The van der Waals surface area contributed by atoms with E-state index in [0.717, 1.165) is 31.5 Å². The minimum atomic E-state index is -0.203. The fourth-order valence-electron chi connectivity index (χ4n) is 2.73. The fourth-order valence-corrected chi connectivity index (χ4v) is 2.73. The molecule has 0 aromatic heterocycles. The topological polar surface area (TPSA) is 35.5 Å². The first-order valence-electron chi connectivity index (χ1n) is 7.94. The van der Waals surface area contributed by atoms with Gasteiger partial charge in [-0.3, -0.25) is 0 Å². The molecule has 1 saturated carbocycles. The van der Waals surface area contributed by atoms with Crippen molar-refractivity contribution in [3.05, 3.63) is 30.1 Å². The predicted molar refractivity (Wildman–Crippen MR) is 85.2 cm³/mol. The molecule has 2 N–H and O–H groups in total. The van der Waals surface area contributed by atoms with E-state index in [2.05, 4.69) is 17.1 Å². The zero-order chi connectivity index (χ0) is 15.3. The maximum atomic E-state index is 12.9. The lowest BCUT2D eigenvalue weighted by molar-refractivity contribution is 0.143. The van der Waals surface area contributed by atoms with Crippen molar-refractivity contribution >= 4 is 5.69 Å². The van der Waals surface area contributed by atoms with Crippen LogP contribution in [0.15, 0.2) is 24.3 Å². The number of anilines is 1. The van der Waals surface area contributed by atoms with Crippen molar-refractivity contribution < 1.29 is 9.50 Å². The Balaban J connectivity index is 1.82. The maximum absolute atomic E-state index is 12.9. The first-order chi connectivity index (χ1) is 10.1. The second kappa shape index (κ2) is 7.23. The summed E-state index contributed by atoms with van der Waals surface area (Å²) in [6, 6.07) is 7.19. The monoisotopic (exact) mass is 294 g/mol. The van der Waals surface area contributed by atoms with E-state index in [4.69, 9.17) is 0 Å². The van der Waals surface area contributed by atoms with Crippen molar-refractivity contribution in [1.29, 1.82) is 0 Å². The second-order valence-corrected chi connectivity index (χ2v) is 6.21. The summed E-state index contributed by atoms with van der Waals surface area (Å²) >= 11 is 0. The van der Waals surface area contributed by atoms with Crippen LogP contribution in [0.5, 0.6) is 0 Å². The first kappa shape index (κ1) is 16.2. The van der Waals surface area contributed by atoms with Crippen LogP contribution in [0, 0.1) is 5.82 Å². The van der Waals surface area contributed by atoms with E-state index < -0.39 is 0 Å². The molecule has 0 spiro atoms. The van der Waals surface area contributed by atoms with Crippen LogP contribution in [-0.2, 0) is 0 Å². The van der Waals surface area contributed by atoms with Gasteiger partial charge in [0.2, 0.25) is 0 Å². The average molecular weight is 294 g/mol. The molecule has 0 aliphatic heterocycles. The third-order valence-electron chi connectivity index (χ3n) is 4.48. The molecule has 0 saturated heterocycles. The third-order valence-corrected chi connectivity index (χ3v) is 4.48. The third kappa shape index (κ3) is 4.68. The van der Waals surface area contributed by atoms with Gasteiger partial charge < -0.3 is 15.3 Å². The molecule has 4 heteroatoms. The first-order valence-corrected chi connectivity index (χ1v) is 7.94. The van der Waals surface area contributed by atoms with E-state index in [9.17, 15) is 9.50 Å². The highest BCUT2D eigenvalue weighted by molar-refractivity contribution is 5.45. The van der Waals surface area contributed by atoms with Crippen molar-refractivity contribution in [2.24, 2.45) is 0 Å². The van der Waals surface area contributed by atoms with E-state index in [0.29, 0.717) is 6.04 Å². The van der Waals surface area contributed by atoms with Gasteiger partial charge in [-0.2, -0.15) is 0 Å². The summed E-state index contributed by atoms with van der Waals surface area (Å²) in [5, 5.41) is 13.4. The van der Waals surface area contributed by atoms with Crippen LogP contribution in [0.2, 0.25) is 0 Å². The van der Waals surface area contributed by atoms with Crippen molar-refractivity contribution in [2.75, 3.05) is 25.1 Å².